The Bertz CT molecular complexity index is 664. The number of carbonyl (C=O) groups excluding carboxylic acids is 2. The number of carbonyl (C=O) groups is 2. The molecule has 4 aliphatic carbocycles. The molecule has 0 heterocycles. The van der Waals surface area contributed by atoms with Gasteiger partial charge in [-0.15, -0.1) is 0 Å². The van der Waals surface area contributed by atoms with Gasteiger partial charge < -0.3 is 10.1 Å². The van der Waals surface area contributed by atoms with Crippen molar-refractivity contribution >= 4 is 33.5 Å². The second kappa shape index (κ2) is 6.99. The average molecular weight is 420 g/mol. The molecule has 1 atom stereocenters. The zero-order valence-corrected chi connectivity index (χ0v) is 16.8. The van der Waals surface area contributed by atoms with E-state index in [2.05, 4.69) is 21.2 Å². The van der Waals surface area contributed by atoms with Crippen LogP contribution in [0.3, 0.4) is 0 Å². The normalized spacial score (nSPS) is 32.9. The van der Waals surface area contributed by atoms with Crippen LogP contribution >= 0.6 is 15.9 Å². The molecule has 4 saturated carbocycles. The molecule has 1 aromatic carbocycles. The van der Waals surface area contributed by atoms with Gasteiger partial charge in [-0.25, -0.2) is 0 Å². The van der Waals surface area contributed by atoms with Crippen molar-refractivity contribution in [1.82, 2.24) is 0 Å². The van der Waals surface area contributed by atoms with Gasteiger partial charge in [0.15, 0.2) is 6.10 Å². The van der Waals surface area contributed by atoms with Gasteiger partial charge in [-0.05, 0) is 92.9 Å². The van der Waals surface area contributed by atoms with Gasteiger partial charge in [-0.3, -0.25) is 9.59 Å². The molecule has 1 amide bonds. The highest BCUT2D eigenvalue weighted by Crippen LogP contribution is 2.61. The van der Waals surface area contributed by atoms with E-state index in [0.29, 0.717) is 12.1 Å². The third kappa shape index (κ3) is 3.83. The number of ether oxygens (including phenoxy) is 1. The van der Waals surface area contributed by atoms with Gasteiger partial charge in [-0.1, -0.05) is 15.9 Å². The largest absolute Gasteiger partial charge is 0.453 e. The fraction of sp³-hybridized carbons (Fsp3) is 0.619. The van der Waals surface area contributed by atoms with Gasteiger partial charge in [0, 0.05) is 10.2 Å². The van der Waals surface area contributed by atoms with E-state index >= 15 is 0 Å². The van der Waals surface area contributed by atoms with Crippen LogP contribution in [0.25, 0.3) is 0 Å². The lowest BCUT2D eigenvalue weighted by atomic mass is 9.49. The first kappa shape index (κ1) is 18.0. The van der Waals surface area contributed by atoms with Gasteiger partial charge in [0.25, 0.3) is 5.91 Å². The number of esters is 1. The van der Waals surface area contributed by atoms with E-state index in [1.807, 2.05) is 24.3 Å². The Morgan fingerprint density at radius 1 is 1.12 bits per heavy atom. The van der Waals surface area contributed by atoms with Gasteiger partial charge in [0.05, 0.1) is 6.42 Å². The monoisotopic (exact) mass is 419 g/mol. The molecule has 0 spiro atoms. The maximum absolute atomic E-state index is 12.5. The maximum atomic E-state index is 12.5. The highest BCUT2D eigenvalue weighted by atomic mass is 79.9. The summed E-state index contributed by atoms with van der Waals surface area (Å²) < 4.78 is 6.44. The minimum absolute atomic E-state index is 0.147. The number of amides is 1. The fourth-order valence-electron chi connectivity index (χ4n) is 5.88. The lowest BCUT2D eigenvalue weighted by Crippen LogP contribution is -2.47. The molecule has 4 nitrogen and oxygen atoms in total. The summed E-state index contributed by atoms with van der Waals surface area (Å²) in [4.78, 5) is 24.8. The Balaban J connectivity index is 1.31. The molecule has 4 fully saturated rings. The number of halogens is 1. The molecule has 5 rings (SSSR count). The molecular formula is C21H26BrNO3. The lowest BCUT2D eigenvalue weighted by molar-refractivity contribution is -0.160. The Kier molecular flexibility index (Phi) is 4.84. The molecule has 26 heavy (non-hydrogen) atoms. The van der Waals surface area contributed by atoms with Gasteiger partial charge >= 0.3 is 5.97 Å². The standard InChI is InChI=1S/C21H26BrNO3/c1-13(20(25)23-18-4-2-17(22)3-5-18)26-19(24)12-21-9-14-6-15(10-21)8-16(7-14)11-21/h2-5,13-16H,6-12H2,1H3,(H,23,25)/t13-,14?,15?,16?,21?/m0/s1. The number of benzene rings is 1. The van der Waals surface area contributed by atoms with Crippen LogP contribution in [0.15, 0.2) is 28.7 Å². The van der Waals surface area contributed by atoms with Crippen LogP contribution in [-0.4, -0.2) is 18.0 Å². The third-order valence-corrected chi connectivity index (χ3v) is 7.00. The summed E-state index contributed by atoms with van der Waals surface area (Å²) in [5.41, 5.74) is 0.843. The van der Waals surface area contributed by atoms with Gasteiger partial charge in [-0.2, -0.15) is 0 Å². The van der Waals surface area contributed by atoms with E-state index in [4.69, 9.17) is 4.74 Å². The molecule has 4 bridgehead atoms. The molecule has 1 N–H and O–H groups in total. The highest BCUT2D eigenvalue weighted by Gasteiger charge is 2.51. The van der Waals surface area contributed by atoms with E-state index in [9.17, 15) is 9.59 Å². The first-order valence-electron chi connectivity index (χ1n) is 9.67. The summed E-state index contributed by atoms with van der Waals surface area (Å²) in [6.45, 7) is 1.64. The van der Waals surface area contributed by atoms with E-state index in [-0.39, 0.29) is 17.3 Å². The van der Waals surface area contributed by atoms with Crippen molar-refractivity contribution in [1.29, 1.82) is 0 Å². The topological polar surface area (TPSA) is 55.4 Å². The zero-order valence-electron chi connectivity index (χ0n) is 15.2. The SMILES string of the molecule is C[C@H](OC(=O)CC12CC3CC(CC(C3)C1)C2)C(=O)Nc1ccc(Br)cc1. The third-order valence-electron chi connectivity index (χ3n) is 6.47. The van der Waals surface area contributed by atoms with Crippen LogP contribution in [-0.2, 0) is 14.3 Å². The molecule has 140 valence electrons. The van der Waals surface area contributed by atoms with Crippen molar-refractivity contribution in [3.05, 3.63) is 28.7 Å². The molecule has 0 aromatic heterocycles. The zero-order chi connectivity index (χ0) is 18.3. The van der Waals surface area contributed by atoms with Crippen LogP contribution in [0.1, 0.15) is 51.9 Å². The molecule has 4 aliphatic rings. The van der Waals surface area contributed by atoms with E-state index in [1.165, 1.54) is 38.5 Å². The summed E-state index contributed by atoms with van der Waals surface area (Å²) in [7, 11) is 0. The van der Waals surface area contributed by atoms with Crippen molar-refractivity contribution in [3.8, 4) is 0 Å². The summed E-state index contributed by atoms with van der Waals surface area (Å²) in [6, 6.07) is 7.34. The smallest absolute Gasteiger partial charge is 0.307 e. The molecule has 5 heteroatoms. The first-order valence-corrected chi connectivity index (χ1v) is 10.5. The van der Waals surface area contributed by atoms with Crippen molar-refractivity contribution in [2.45, 2.75) is 58.0 Å². The molecule has 0 saturated heterocycles. The summed E-state index contributed by atoms with van der Waals surface area (Å²) in [5, 5.41) is 2.80. The summed E-state index contributed by atoms with van der Waals surface area (Å²) in [6.07, 6.45) is 7.31. The molecule has 1 aromatic rings. The molecule has 0 radical (unpaired) electrons. The van der Waals surface area contributed by atoms with Crippen LogP contribution in [0.4, 0.5) is 5.69 Å². The minimum Gasteiger partial charge on any atom is -0.453 e. The minimum atomic E-state index is -0.778. The number of anilines is 1. The van der Waals surface area contributed by atoms with Crippen molar-refractivity contribution < 1.29 is 14.3 Å². The Labute approximate surface area is 163 Å². The maximum Gasteiger partial charge on any atom is 0.307 e. The number of hydrogen-bond acceptors (Lipinski definition) is 3. The number of hydrogen-bond donors (Lipinski definition) is 1. The average Bonchev–Trinajstić information content (AvgIpc) is 2.55. The van der Waals surface area contributed by atoms with Crippen molar-refractivity contribution in [3.63, 3.8) is 0 Å². The van der Waals surface area contributed by atoms with Crippen molar-refractivity contribution in [2.24, 2.45) is 23.2 Å². The Morgan fingerprint density at radius 2 is 1.65 bits per heavy atom. The van der Waals surface area contributed by atoms with Gasteiger partial charge in [0.1, 0.15) is 0 Å². The number of nitrogens with one attached hydrogen (secondary N) is 1. The Morgan fingerprint density at radius 3 is 2.19 bits per heavy atom. The second-order valence-electron chi connectivity index (χ2n) is 8.72. The van der Waals surface area contributed by atoms with Crippen LogP contribution in [0.5, 0.6) is 0 Å². The lowest BCUT2D eigenvalue weighted by Gasteiger charge is -2.56. The van der Waals surface area contributed by atoms with Gasteiger partial charge in [0.2, 0.25) is 0 Å². The summed E-state index contributed by atoms with van der Waals surface area (Å²) >= 11 is 3.37. The van der Waals surface area contributed by atoms with E-state index in [0.717, 1.165) is 22.2 Å². The molecular weight excluding hydrogens is 394 g/mol. The number of rotatable bonds is 5. The second-order valence-corrected chi connectivity index (χ2v) is 9.64. The van der Waals surface area contributed by atoms with Crippen LogP contribution in [0.2, 0.25) is 0 Å². The van der Waals surface area contributed by atoms with E-state index < -0.39 is 6.10 Å². The first-order chi connectivity index (χ1) is 12.4. The Hall–Kier alpha value is -1.36. The van der Waals surface area contributed by atoms with Crippen LogP contribution < -0.4 is 5.32 Å². The predicted molar refractivity (Wildman–Crippen MR) is 104 cm³/mol. The molecule has 0 unspecified atom stereocenters. The van der Waals surface area contributed by atoms with E-state index in [1.54, 1.807) is 6.92 Å². The fourth-order valence-corrected chi connectivity index (χ4v) is 6.15. The molecule has 0 aliphatic heterocycles. The van der Waals surface area contributed by atoms with Crippen LogP contribution in [0, 0.1) is 23.2 Å². The summed E-state index contributed by atoms with van der Waals surface area (Å²) in [5.74, 6) is 1.93. The highest BCUT2D eigenvalue weighted by molar-refractivity contribution is 9.10. The quantitative estimate of drug-likeness (QED) is 0.688. The predicted octanol–water partition coefficient (Wildman–Crippen LogP) is 4.93. The van der Waals surface area contributed by atoms with Crippen molar-refractivity contribution in [2.75, 3.05) is 5.32 Å².